The topological polar surface area (TPSA) is 20.3 Å². The molecule has 2 nitrogen and oxygen atoms in total. The molecule has 0 saturated heterocycles. The number of rotatable bonds is 1. The summed E-state index contributed by atoms with van der Waals surface area (Å²) in [5.41, 5.74) is 1.32. The van der Waals surface area contributed by atoms with Gasteiger partial charge in [-0.25, -0.2) is 0 Å². The molecule has 0 aromatic carbocycles. The molecular formula is C10H17NO. The maximum Gasteiger partial charge on any atom is 0.157 e. The Balaban J connectivity index is 2.96. The number of hydrogen-bond acceptors (Lipinski definition) is 2. The summed E-state index contributed by atoms with van der Waals surface area (Å²) in [6, 6.07) is 0. The first kappa shape index (κ1) is 9.30. The van der Waals surface area contributed by atoms with Crippen molar-refractivity contribution in [3.63, 3.8) is 0 Å². The van der Waals surface area contributed by atoms with E-state index < -0.39 is 0 Å². The smallest absolute Gasteiger partial charge is 0.157 e. The highest BCUT2D eigenvalue weighted by molar-refractivity contribution is 5.91. The van der Waals surface area contributed by atoms with Gasteiger partial charge in [-0.2, -0.15) is 0 Å². The average Bonchev–Trinajstić information content (AvgIpc) is 1.94. The molecule has 0 saturated carbocycles. The van der Waals surface area contributed by atoms with E-state index in [-0.39, 0.29) is 11.2 Å². The largest absolute Gasteiger partial charge is 0.380 e. The molecule has 0 aliphatic heterocycles. The lowest BCUT2D eigenvalue weighted by Crippen LogP contribution is -2.30. The van der Waals surface area contributed by atoms with Gasteiger partial charge in [0.25, 0.3) is 0 Å². The first-order valence-electron chi connectivity index (χ1n) is 4.36. The van der Waals surface area contributed by atoms with Gasteiger partial charge in [0.05, 0.1) is 0 Å². The van der Waals surface area contributed by atoms with Gasteiger partial charge in [-0.05, 0) is 6.42 Å². The maximum absolute atomic E-state index is 11.2. The second-order valence-corrected chi connectivity index (χ2v) is 4.27. The molecule has 0 N–H and O–H groups in total. The Kier molecular flexibility index (Phi) is 2.27. The summed E-state index contributed by atoms with van der Waals surface area (Å²) in [7, 11) is 3.98. The number of hydrogen-bond donors (Lipinski definition) is 0. The molecule has 1 aliphatic rings. The third kappa shape index (κ3) is 1.68. The summed E-state index contributed by atoms with van der Waals surface area (Å²) in [6.07, 6.45) is 3.45. The summed E-state index contributed by atoms with van der Waals surface area (Å²) in [4.78, 5) is 13.2. The number of carbonyl (C=O) groups is 1. The minimum absolute atomic E-state index is 0.164. The first-order valence-corrected chi connectivity index (χ1v) is 4.36. The van der Waals surface area contributed by atoms with Crippen molar-refractivity contribution in [2.45, 2.75) is 26.7 Å². The van der Waals surface area contributed by atoms with E-state index in [1.54, 1.807) is 6.08 Å². The van der Waals surface area contributed by atoms with E-state index in [0.717, 1.165) is 12.1 Å². The van der Waals surface area contributed by atoms with Crippen molar-refractivity contribution in [2.75, 3.05) is 14.1 Å². The standard InChI is InChI=1S/C10H17NO/c1-10(2)6-5-8(12)7-9(10)11(3)4/h7H,5-6H2,1-4H3. The lowest BCUT2D eigenvalue weighted by molar-refractivity contribution is -0.115. The number of allylic oxidation sites excluding steroid dienone is 2. The van der Waals surface area contributed by atoms with E-state index in [1.807, 2.05) is 19.0 Å². The average molecular weight is 167 g/mol. The SMILES string of the molecule is CN(C)C1=CC(=O)CCC1(C)C. The maximum atomic E-state index is 11.2. The van der Waals surface area contributed by atoms with Crippen LogP contribution < -0.4 is 0 Å². The summed E-state index contributed by atoms with van der Waals surface area (Å²) in [5.74, 6) is 0.262. The van der Waals surface area contributed by atoms with Crippen LogP contribution in [0.4, 0.5) is 0 Å². The molecule has 68 valence electrons. The fraction of sp³-hybridized carbons (Fsp3) is 0.700. The van der Waals surface area contributed by atoms with Crippen LogP contribution in [-0.2, 0) is 4.79 Å². The minimum Gasteiger partial charge on any atom is -0.380 e. The molecular weight excluding hydrogens is 150 g/mol. The number of carbonyl (C=O) groups excluding carboxylic acids is 1. The third-order valence-corrected chi connectivity index (χ3v) is 2.47. The van der Waals surface area contributed by atoms with Gasteiger partial charge in [-0.3, -0.25) is 4.79 Å². The summed E-state index contributed by atoms with van der Waals surface area (Å²) >= 11 is 0. The van der Waals surface area contributed by atoms with Crippen LogP contribution in [0.5, 0.6) is 0 Å². The molecule has 0 spiro atoms. The fourth-order valence-corrected chi connectivity index (χ4v) is 1.72. The minimum atomic E-state index is 0.164. The Morgan fingerprint density at radius 1 is 1.42 bits per heavy atom. The molecule has 0 amide bonds. The molecule has 0 aromatic rings. The zero-order chi connectivity index (χ0) is 9.35. The van der Waals surface area contributed by atoms with Crippen LogP contribution in [0.3, 0.4) is 0 Å². The van der Waals surface area contributed by atoms with E-state index in [0.29, 0.717) is 6.42 Å². The second-order valence-electron chi connectivity index (χ2n) is 4.27. The first-order chi connectivity index (χ1) is 5.43. The highest BCUT2D eigenvalue weighted by Gasteiger charge is 2.29. The van der Waals surface area contributed by atoms with Crippen molar-refractivity contribution in [2.24, 2.45) is 5.41 Å². The number of nitrogens with zero attached hydrogens (tertiary/aromatic N) is 1. The molecule has 0 heterocycles. The Hall–Kier alpha value is -0.790. The molecule has 0 atom stereocenters. The Morgan fingerprint density at radius 2 is 2.00 bits per heavy atom. The lowest BCUT2D eigenvalue weighted by atomic mass is 9.79. The van der Waals surface area contributed by atoms with Crippen LogP contribution in [0, 0.1) is 5.41 Å². The van der Waals surface area contributed by atoms with Gasteiger partial charge in [-0.1, -0.05) is 13.8 Å². The molecule has 1 rings (SSSR count). The van der Waals surface area contributed by atoms with Crippen molar-refractivity contribution in [3.05, 3.63) is 11.8 Å². The van der Waals surface area contributed by atoms with Crippen LogP contribution in [0.15, 0.2) is 11.8 Å². The highest BCUT2D eigenvalue weighted by Crippen LogP contribution is 2.36. The van der Waals surface area contributed by atoms with Gasteiger partial charge in [-0.15, -0.1) is 0 Å². The van der Waals surface area contributed by atoms with Crippen molar-refractivity contribution in [3.8, 4) is 0 Å². The molecule has 1 aliphatic carbocycles. The van der Waals surface area contributed by atoms with E-state index in [4.69, 9.17) is 0 Å². The predicted molar refractivity (Wildman–Crippen MR) is 49.8 cm³/mol. The summed E-state index contributed by atoms with van der Waals surface area (Å²) < 4.78 is 0. The molecule has 2 heteroatoms. The lowest BCUT2D eigenvalue weighted by Gasteiger charge is -2.35. The van der Waals surface area contributed by atoms with E-state index in [9.17, 15) is 4.79 Å². The molecule has 12 heavy (non-hydrogen) atoms. The zero-order valence-electron chi connectivity index (χ0n) is 8.35. The van der Waals surface area contributed by atoms with Gasteiger partial charge in [0, 0.05) is 37.7 Å². The van der Waals surface area contributed by atoms with Crippen molar-refractivity contribution >= 4 is 5.78 Å². The van der Waals surface area contributed by atoms with Crippen LogP contribution in [0.2, 0.25) is 0 Å². The highest BCUT2D eigenvalue weighted by atomic mass is 16.1. The third-order valence-electron chi connectivity index (χ3n) is 2.47. The van der Waals surface area contributed by atoms with Gasteiger partial charge in [0.2, 0.25) is 0 Å². The zero-order valence-corrected chi connectivity index (χ0v) is 8.35. The van der Waals surface area contributed by atoms with Crippen LogP contribution in [0.1, 0.15) is 26.7 Å². The van der Waals surface area contributed by atoms with E-state index in [2.05, 4.69) is 13.8 Å². The fourth-order valence-electron chi connectivity index (χ4n) is 1.72. The molecule has 0 aromatic heterocycles. The summed E-state index contributed by atoms with van der Waals surface area (Å²) in [5, 5.41) is 0. The Labute approximate surface area is 74.2 Å². The van der Waals surface area contributed by atoms with Gasteiger partial charge in [0.15, 0.2) is 5.78 Å². The van der Waals surface area contributed by atoms with Crippen molar-refractivity contribution in [1.29, 1.82) is 0 Å². The summed E-state index contributed by atoms with van der Waals surface area (Å²) in [6.45, 7) is 4.37. The number of ketones is 1. The van der Waals surface area contributed by atoms with Gasteiger partial charge >= 0.3 is 0 Å². The van der Waals surface area contributed by atoms with Gasteiger partial charge in [0.1, 0.15) is 0 Å². The van der Waals surface area contributed by atoms with Gasteiger partial charge < -0.3 is 4.90 Å². The van der Waals surface area contributed by atoms with Crippen LogP contribution in [0.25, 0.3) is 0 Å². The predicted octanol–water partition coefficient (Wildman–Crippen LogP) is 1.82. The second kappa shape index (κ2) is 2.92. The normalized spacial score (nSPS) is 22.0. The molecule has 0 bridgehead atoms. The van der Waals surface area contributed by atoms with Crippen molar-refractivity contribution in [1.82, 2.24) is 4.90 Å². The van der Waals surface area contributed by atoms with E-state index in [1.165, 1.54) is 0 Å². The van der Waals surface area contributed by atoms with E-state index >= 15 is 0 Å². The van der Waals surface area contributed by atoms with Crippen LogP contribution in [-0.4, -0.2) is 24.8 Å². The monoisotopic (exact) mass is 167 g/mol. The van der Waals surface area contributed by atoms with Crippen molar-refractivity contribution < 1.29 is 4.79 Å². The quantitative estimate of drug-likeness (QED) is 0.593. The molecule has 0 radical (unpaired) electrons. The molecule has 0 fully saturated rings. The Bertz CT molecular complexity index is 226. The molecule has 0 unspecified atom stereocenters. The van der Waals surface area contributed by atoms with Crippen LogP contribution >= 0.6 is 0 Å². The Morgan fingerprint density at radius 3 is 2.42 bits per heavy atom.